The van der Waals surface area contributed by atoms with Gasteiger partial charge in [0.05, 0.1) is 27.0 Å². The Labute approximate surface area is 150 Å². The lowest BCUT2D eigenvalue weighted by molar-refractivity contribution is 0.102. The first-order valence-corrected chi connectivity index (χ1v) is 7.77. The van der Waals surface area contributed by atoms with Gasteiger partial charge in [-0.15, -0.1) is 0 Å². The third kappa shape index (κ3) is 3.46. The van der Waals surface area contributed by atoms with E-state index in [0.717, 1.165) is 0 Å². The molecule has 0 aliphatic carbocycles. The quantitative estimate of drug-likeness (QED) is 0.728. The number of hydrogen-bond donors (Lipinski definition) is 1. The van der Waals surface area contributed by atoms with Crippen molar-refractivity contribution in [2.75, 3.05) is 26.6 Å². The highest BCUT2D eigenvalue weighted by atomic mass is 16.5. The number of rotatable bonds is 6. The standard InChI is InChI=1S/C19H18N2O5/c1-23-13-6-4-12(5-7-13)18-17(20-11-26-18)19(22)21-15-10-14(24-2)8-9-16(15)25-3/h4-11H,1-3H3,(H,21,22). The molecule has 0 aliphatic rings. The van der Waals surface area contributed by atoms with Crippen LogP contribution in [0, 0.1) is 0 Å². The zero-order valence-corrected chi connectivity index (χ0v) is 14.6. The van der Waals surface area contributed by atoms with Crippen molar-refractivity contribution in [1.82, 2.24) is 4.98 Å². The van der Waals surface area contributed by atoms with Crippen molar-refractivity contribution < 1.29 is 23.4 Å². The number of carbonyl (C=O) groups is 1. The molecule has 2 aromatic carbocycles. The predicted molar refractivity (Wildman–Crippen MR) is 96.0 cm³/mol. The first-order valence-electron chi connectivity index (χ1n) is 7.77. The maximum atomic E-state index is 12.7. The van der Waals surface area contributed by atoms with Gasteiger partial charge in [0.25, 0.3) is 5.91 Å². The molecule has 1 heterocycles. The first kappa shape index (κ1) is 17.3. The largest absolute Gasteiger partial charge is 0.497 e. The summed E-state index contributed by atoms with van der Waals surface area (Å²) in [5.74, 6) is 1.76. The highest BCUT2D eigenvalue weighted by Gasteiger charge is 2.20. The molecule has 0 radical (unpaired) electrons. The van der Waals surface area contributed by atoms with E-state index in [9.17, 15) is 4.79 Å². The van der Waals surface area contributed by atoms with Crippen molar-refractivity contribution in [1.29, 1.82) is 0 Å². The number of amides is 1. The van der Waals surface area contributed by atoms with Gasteiger partial charge < -0.3 is 23.9 Å². The maximum Gasteiger partial charge on any atom is 0.278 e. The van der Waals surface area contributed by atoms with Crippen LogP contribution in [0.25, 0.3) is 11.3 Å². The summed E-state index contributed by atoms with van der Waals surface area (Å²) in [6.45, 7) is 0. The van der Waals surface area contributed by atoms with Gasteiger partial charge in [-0.25, -0.2) is 4.98 Å². The summed E-state index contributed by atoms with van der Waals surface area (Å²) in [7, 11) is 4.66. The molecule has 0 bridgehead atoms. The third-order valence-corrected chi connectivity index (χ3v) is 3.79. The van der Waals surface area contributed by atoms with Crippen LogP contribution in [0.15, 0.2) is 53.3 Å². The van der Waals surface area contributed by atoms with Crippen molar-refractivity contribution >= 4 is 11.6 Å². The summed E-state index contributed by atoms with van der Waals surface area (Å²) in [6, 6.07) is 12.3. The lowest BCUT2D eigenvalue weighted by Crippen LogP contribution is -2.14. The molecular formula is C19H18N2O5. The van der Waals surface area contributed by atoms with Gasteiger partial charge in [-0.2, -0.15) is 0 Å². The van der Waals surface area contributed by atoms with E-state index in [0.29, 0.717) is 34.3 Å². The molecule has 26 heavy (non-hydrogen) atoms. The van der Waals surface area contributed by atoms with E-state index >= 15 is 0 Å². The lowest BCUT2D eigenvalue weighted by Gasteiger charge is -2.11. The molecule has 0 fully saturated rings. The van der Waals surface area contributed by atoms with Crippen LogP contribution in [0.3, 0.4) is 0 Å². The maximum absolute atomic E-state index is 12.7. The number of hydrogen-bond acceptors (Lipinski definition) is 6. The number of nitrogens with zero attached hydrogens (tertiary/aromatic N) is 1. The Bertz CT molecular complexity index is 903. The molecule has 134 valence electrons. The highest BCUT2D eigenvalue weighted by Crippen LogP contribution is 2.31. The molecule has 0 atom stereocenters. The fourth-order valence-corrected chi connectivity index (χ4v) is 2.45. The van der Waals surface area contributed by atoms with Crippen LogP contribution in [0.4, 0.5) is 5.69 Å². The van der Waals surface area contributed by atoms with Gasteiger partial charge in [-0.1, -0.05) is 0 Å². The molecule has 7 nitrogen and oxygen atoms in total. The number of aromatic nitrogens is 1. The summed E-state index contributed by atoms with van der Waals surface area (Å²) in [5.41, 5.74) is 1.35. The van der Waals surface area contributed by atoms with E-state index in [1.807, 2.05) is 0 Å². The smallest absolute Gasteiger partial charge is 0.278 e. The van der Waals surface area contributed by atoms with Gasteiger partial charge in [0.2, 0.25) is 0 Å². The Morgan fingerprint density at radius 2 is 1.65 bits per heavy atom. The predicted octanol–water partition coefficient (Wildman–Crippen LogP) is 3.62. The molecule has 3 aromatic rings. The SMILES string of the molecule is COc1ccc(-c2ocnc2C(=O)Nc2cc(OC)ccc2OC)cc1. The molecule has 1 amide bonds. The molecule has 0 aliphatic heterocycles. The van der Waals surface area contributed by atoms with Crippen LogP contribution in [-0.2, 0) is 0 Å². The van der Waals surface area contributed by atoms with Crippen molar-refractivity contribution in [3.05, 3.63) is 54.6 Å². The van der Waals surface area contributed by atoms with E-state index in [1.165, 1.54) is 13.5 Å². The number of ether oxygens (including phenoxy) is 3. The minimum atomic E-state index is -0.420. The molecular weight excluding hydrogens is 336 g/mol. The zero-order chi connectivity index (χ0) is 18.5. The highest BCUT2D eigenvalue weighted by molar-refractivity contribution is 6.07. The van der Waals surface area contributed by atoms with Crippen LogP contribution in [0.2, 0.25) is 0 Å². The molecule has 7 heteroatoms. The number of benzene rings is 2. The van der Waals surface area contributed by atoms with E-state index in [2.05, 4.69) is 10.3 Å². The van der Waals surface area contributed by atoms with Gasteiger partial charge >= 0.3 is 0 Å². The average molecular weight is 354 g/mol. The van der Waals surface area contributed by atoms with Gasteiger partial charge in [0.1, 0.15) is 17.2 Å². The molecule has 3 rings (SSSR count). The molecule has 0 spiro atoms. The van der Waals surface area contributed by atoms with Crippen molar-refractivity contribution in [2.45, 2.75) is 0 Å². The summed E-state index contributed by atoms with van der Waals surface area (Å²) in [4.78, 5) is 16.8. The number of nitrogens with one attached hydrogen (secondary N) is 1. The number of carbonyl (C=O) groups excluding carboxylic acids is 1. The first-order chi connectivity index (χ1) is 12.7. The summed E-state index contributed by atoms with van der Waals surface area (Å²) in [6.07, 6.45) is 1.23. The minimum Gasteiger partial charge on any atom is -0.497 e. The molecule has 0 saturated carbocycles. The number of anilines is 1. The lowest BCUT2D eigenvalue weighted by atomic mass is 10.1. The fraction of sp³-hybridized carbons (Fsp3) is 0.158. The van der Waals surface area contributed by atoms with Crippen LogP contribution < -0.4 is 19.5 Å². The average Bonchev–Trinajstić information content (AvgIpc) is 3.18. The molecule has 0 saturated heterocycles. The van der Waals surface area contributed by atoms with Crippen molar-refractivity contribution in [2.24, 2.45) is 0 Å². The van der Waals surface area contributed by atoms with Crippen LogP contribution in [0.5, 0.6) is 17.2 Å². The Balaban J connectivity index is 1.89. The van der Waals surface area contributed by atoms with E-state index in [4.69, 9.17) is 18.6 Å². The van der Waals surface area contributed by atoms with E-state index < -0.39 is 5.91 Å². The monoisotopic (exact) mass is 354 g/mol. The second kappa shape index (κ2) is 7.60. The number of oxazole rings is 1. The normalized spacial score (nSPS) is 10.3. The molecule has 0 unspecified atom stereocenters. The second-order valence-electron chi connectivity index (χ2n) is 5.28. The van der Waals surface area contributed by atoms with Crippen molar-refractivity contribution in [3.8, 4) is 28.6 Å². The Hall–Kier alpha value is -3.48. The van der Waals surface area contributed by atoms with Gasteiger partial charge in [0.15, 0.2) is 17.8 Å². The summed E-state index contributed by atoms with van der Waals surface area (Å²) in [5, 5.41) is 2.78. The van der Waals surface area contributed by atoms with Crippen LogP contribution >= 0.6 is 0 Å². The Kier molecular flexibility index (Phi) is 5.07. The van der Waals surface area contributed by atoms with Gasteiger partial charge in [-0.05, 0) is 36.4 Å². The third-order valence-electron chi connectivity index (χ3n) is 3.79. The number of methoxy groups -OCH3 is 3. The molecule has 1 N–H and O–H groups in total. The zero-order valence-electron chi connectivity index (χ0n) is 14.6. The van der Waals surface area contributed by atoms with Crippen LogP contribution in [-0.4, -0.2) is 32.2 Å². The van der Waals surface area contributed by atoms with E-state index in [-0.39, 0.29) is 5.69 Å². The summed E-state index contributed by atoms with van der Waals surface area (Å²) >= 11 is 0. The van der Waals surface area contributed by atoms with Gasteiger partial charge in [-0.3, -0.25) is 4.79 Å². The Morgan fingerprint density at radius 1 is 0.962 bits per heavy atom. The topological polar surface area (TPSA) is 82.8 Å². The van der Waals surface area contributed by atoms with Crippen LogP contribution in [0.1, 0.15) is 10.5 Å². The summed E-state index contributed by atoms with van der Waals surface area (Å²) < 4.78 is 21.0. The Morgan fingerprint density at radius 3 is 2.31 bits per heavy atom. The van der Waals surface area contributed by atoms with Crippen molar-refractivity contribution in [3.63, 3.8) is 0 Å². The van der Waals surface area contributed by atoms with Gasteiger partial charge in [0, 0.05) is 11.6 Å². The fourth-order valence-electron chi connectivity index (χ4n) is 2.45. The van der Waals surface area contributed by atoms with E-state index in [1.54, 1.807) is 56.7 Å². The minimum absolute atomic E-state index is 0.167. The second-order valence-corrected chi connectivity index (χ2v) is 5.28. The molecule has 1 aromatic heterocycles.